The molecular formula is C31H39N3O7S. The van der Waals surface area contributed by atoms with Gasteiger partial charge in [-0.1, -0.05) is 36.4 Å². The lowest BCUT2D eigenvalue weighted by Crippen LogP contribution is -2.36. The molecule has 1 aliphatic rings. The maximum atomic E-state index is 12.3. The van der Waals surface area contributed by atoms with Crippen LogP contribution in [0.3, 0.4) is 0 Å². The van der Waals surface area contributed by atoms with E-state index in [0.29, 0.717) is 17.4 Å². The van der Waals surface area contributed by atoms with Crippen molar-refractivity contribution in [1.82, 2.24) is 15.2 Å². The number of likely N-dealkylation sites (tertiary alicyclic amines) is 1. The Labute approximate surface area is 250 Å². The highest BCUT2D eigenvalue weighted by Crippen LogP contribution is 2.27. The fourth-order valence-electron chi connectivity index (χ4n) is 4.63. The lowest BCUT2D eigenvalue weighted by atomic mass is 9.90. The van der Waals surface area contributed by atoms with Gasteiger partial charge in [-0.15, -0.1) is 11.8 Å². The molecule has 1 aliphatic heterocycles. The average molecular weight is 598 g/mol. The van der Waals surface area contributed by atoms with Gasteiger partial charge in [0.2, 0.25) is 11.8 Å². The smallest absolute Gasteiger partial charge is 0.414 e. The van der Waals surface area contributed by atoms with Gasteiger partial charge in [0.15, 0.2) is 0 Å². The Hall–Kier alpha value is -3.83. The first-order valence-electron chi connectivity index (χ1n) is 13.9. The van der Waals surface area contributed by atoms with Gasteiger partial charge in [-0.2, -0.15) is 0 Å². The first-order chi connectivity index (χ1) is 20.2. The Balaban J connectivity index is 0.000000730. The summed E-state index contributed by atoms with van der Waals surface area (Å²) in [4.78, 5) is 37.6. The molecule has 42 heavy (non-hydrogen) atoms. The largest absolute Gasteiger partial charge is 0.497 e. The predicted octanol–water partition coefficient (Wildman–Crippen LogP) is 4.51. The van der Waals surface area contributed by atoms with E-state index < -0.39 is 11.9 Å². The number of rotatable bonds is 12. The second-order valence-corrected chi connectivity index (χ2v) is 11.0. The van der Waals surface area contributed by atoms with Crippen LogP contribution >= 0.6 is 11.8 Å². The van der Waals surface area contributed by atoms with Crippen LogP contribution in [0.5, 0.6) is 5.75 Å². The number of carbonyl (C=O) groups excluding carboxylic acids is 1. The number of hydrogen-bond donors (Lipinski definition) is 3. The maximum Gasteiger partial charge on any atom is 0.414 e. The standard InChI is InChI=1S/C29H37N3O3S.C2H2O4/c1-22-27(31-29(35-22)25-10-6-11-26(19-25)34-2)20-36-21-28(33)30-14-7-15-32-16-12-24(13-17-32)18-23-8-4-3-5-9-23;3-1(4)2(5)6/h3-6,8-11,19,24H,7,12-18,20-21H2,1-2H3,(H,30,33);(H,3,4)(H,5,6). The molecule has 3 aromatic rings. The summed E-state index contributed by atoms with van der Waals surface area (Å²) < 4.78 is 11.1. The molecule has 3 N–H and O–H groups in total. The number of amides is 1. The van der Waals surface area contributed by atoms with E-state index >= 15 is 0 Å². The van der Waals surface area contributed by atoms with E-state index in [1.807, 2.05) is 31.2 Å². The number of carbonyl (C=O) groups is 3. The normalized spacial score (nSPS) is 13.6. The summed E-state index contributed by atoms with van der Waals surface area (Å²) in [6.45, 7) is 6.02. The number of oxazole rings is 1. The van der Waals surface area contributed by atoms with Crippen LogP contribution in [0.15, 0.2) is 59.0 Å². The lowest BCUT2D eigenvalue weighted by molar-refractivity contribution is -0.159. The third-order valence-electron chi connectivity index (χ3n) is 6.91. The minimum Gasteiger partial charge on any atom is -0.497 e. The number of benzene rings is 2. The predicted molar refractivity (Wildman–Crippen MR) is 162 cm³/mol. The van der Waals surface area contributed by atoms with Crippen LogP contribution in [0.25, 0.3) is 11.5 Å². The number of nitrogens with zero attached hydrogens (tertiary/aromatic N) is 2. The molecule has 1 aromatic heterocycles. The van der Waals surface area contributed by atoms with Crippen molar-refractivity contribution in [1.29, 1.82) is 0 Å². The summed E-state index contributed by atoms with van der Waals surface area (Å²) in [5, 5.41) is 17.8. The highest BCUT2D eigenvalue weighted by atomic mass is 32.2. The topological polar surface area (TPSA) is 142 Å². The number of piperidine rings is 1. The van der Waals surface area contributed by atoms with Crippen molar-refractivity contribution >= 4 is 29.6 Å². The maximum absolute atomic E-state index is 12.3. The van der Waals surface area contributed by atoms with Crippen molar-refractivity contribution in [2.45, 2.75) is 38.4 Å². The highest BCUT2D eigenvalue weighted by Gasteiger charge is 2.19. The van der Waals surface area contributed by atoms with E-state index in [1.54, 1.807) is 18.9 Å². The average Bonchev–Trinajstić information content (AvgIpc) is 3.37. The Morgan fingerprint density at radius 2 is 1.79 bits per heavy atom. The zero-order valence-corrected chi connectivity index (χ0v) is 24.9. The molecule has 1 amide bonds. The second kappa shape index (κ2) is 17.2. The van der Waals surface area contributed by atoms with Crippen molar-refractivity contribution in [3.8, 4) is 17.2 Å². The Bertz CT molecular complexity index is 1280. The SMILES string of the molecule is COc1cccc(-c2nc(CSCC(=O)NCCCN3CCC(Cc4ccccc4)CC3)c(C)o2)c1.O=C(O)C(=O)O. The van der Waals surface area contributed by atoms with Gasteiger partial charge >= 0.3 is 11.9 Å². The van der Waals surface area contributed by atoms with Gasteiger partial charge in [0.25, 0.3) is 0 Å². The number of methoxy groups -OCH3 is 1. The number of carboxylic acids is 2. The van der Waals surface area contributed by atoms with Crippen LogP contribution in [0, 0.1) is 12.8 Å². The molecule has 1 saturated heterocycles. The Morgan fingerprint density at radius 1 is 1.07 bits per heavy atom. The molecule has 1 fully saturated rings. The van der Waals surface area contributed by atoms with Crippen LogP contribution in [0.1, 0.15) is 36.3 Å². The van der Waals surface area contributed by atoms with E-state index in [1.165, 1.54) is 24.8 Å². The van der Waals surface area contributed by atoms with Crippen LogP contribution in [-0.4, -0.2) is 77.0 Å². The molecule has 2 heterocycles. The van der Waals surface area contributed by atoms with Gasteiger partial charge in [0.1, 0.15) is 11.5 Å². The zero-order chi connectivity index (χ0) is 30.3. The summed E-state index contributed by atoms with van der Waals surface area (Å²) >= 11 is 1.56. The molecule has 2 aromatic carbocycles. The monoisotopic (exact) mass is 597 g/mol. The number of hydrogen-bond acceptors (Lipinski definition) is 8. The van der Waals surface area contributed by atoms with E-state index in [0.717, 1.165) is 61.3 Å². The molecule has 11 heteroatoms. The summed E-state index contributed by atoms with van der Waals surface area (Å²) in [5.74, 6) is 0.421. The third-order valence-corrected chi connectivity index (χ3v) is 7.86. The van der Waals surface area contributed by atoms with Crippen LogP contribution in [0.2, 0.25) is 0 Å². The van der Waals surface area contributed by atoms with E-state index in [4.69, 9.17) is 29.0 Å². The lowest BCUT2D eigenvalue weighted by Gasteiger charge is -2.32. The van der Waals surface area contributed by atoms with Crippen molar-refractivity contribution in [3.05, 3.63) is 71.6 Å². The molecule has 0 atom stereocenters. The third kappa shape index (κ3) is 11.2. The first-order valence-corrected chi connectivity index (χ1v) is 15.1. The fraction of sp³-hybridized carbons (Fsp3) is 0.419. The van der Waals surface area contributed by atoms with Crippen molar-refractivity contribution in [3.63, 3.8) is 0 Å². The number of aryl methyl sites for hydroxylation is 1. The van der Waals surface area contributed by atoms with Crippen molar-refractivity contribution in [2.24, 2.45) is 5.92 Å². The van der Waals surface area contributed by atoms with Crippen LogP contribution < -0.4 is 10.1 Å². The van der Waals surface area contributed by atoms with E-state index in [9.17, 15) is 4.79 Å². The molecule has 4 rings (SSSR count). The first kappa shape index (κ1) is 32.7. The van der Waals surface area contributed by atoms with Gasteiger partial charge in [-0.05, 0) is 81.9 Å². The van der Waals surface area contributed by atoms with Crippen LogP contribution in [-0.2, 0) is 26.6 Å². The molecule has 0 unspecified atom stereocenters. The summed E-state index contributed by atoms with van der Waals surface area (Å²) in [6.07, 6.45) is 4.71. The number of carboxylic acid groups (broad SMARTS) is 2. The molecule has 0 spiro atoms. The van der Waals surface area contributed by atoms with Crippen molar-refractivity contribution in [2.75, 3.05) is 39.0 Å². The van der Waals surface area contributed by atoms with Gasteiger partial charge in [-0.3, -0.25) is 4.79 Å². The van der Waals surface area contributed by atoms with Gasteiger partial charge < -0.3 is 29.6 Å². The highest BCUT2D eigenvalue weighted by molar-refractivity contribution is 7.99. The number of ether oxygens (including phenoxy) is 1. The minimum atomic E-state index is -1.82. The number of aliphatic carboxylic acids is 2. The van der Waals surface area contributed by atoms with E-state index in [-0.39, 0.29) is 5.91 Å². The number of aromatic nitrogens is 1. The molecule has 10 nitrogen and oxygen atoms in total. The second-order valence-electron chi connectivity index (χ2n) is 10.0. The molecule has 0 aliphatic carbocycles. The zero-order valence-electron chi connectivity index (χ0n) is 24.1. The van der Waals surface area contributed by atoms with Crippen LogP contribution in [0.4, 0.5) is 0 Å². The summed E-state index contributed by atoms with van der Waals surface area (Å²) in [5.41, 5.74) is 3.21. The molecule has 0 bridgehead atoms. The summed E-state index contributed by atoms with van der Waals surface area (Å²) in [6, 6.07) is 18.5. The molecule has 226 valence electrons. The number of thioether (sulfide) groups is 1. The molecular weight excluding hydrogens is 558 g/mol. The quantitative estimate of drug-likeness (QED) is 0.202. The summed E-state index contributed by atoms with van der Waals surface area (Å²) in [7, 11) is 1.64. The Kier molecular flexibility index (Phi) is 13.4. The molecule has 0 saturated carbocycles. The minimum absolute atomic E-state index is 0.0794. The molecule has 0 radical (unpaired) electrons. The number of nitrogens with one attached hydrogen (secondary N) is 1. The fourth-order valence-corrected chi connectivity index (χ4v) is 5.48. The Morgan fingerprint density at radius 3 is 2.45 bits per heavy atom. The van der Waals surface area contributed by atoms with Gasteiger partial charge in [-0.25, -0.2) is 14.6 Å². The van der Waals surface area contributed by atoms with Crippen molar-refractivity contribution < 1.29 is 33.8 Å². The van der Waals surface area contributed by atoms with E-state index in [2.05, 4.69) is 45.5 Å². The van der Waals surface area contributed by atoms with Gasteiger partial charge in [0, 0.05) is 17.9 Å². The van der Waals surface area contributed by atoms with Gasteiger partial charge in [0.05, 0.1) is 18.6 Å².